The van der Waals surface area contributed by atoms with E-state index < -0.39 is 42.8 Å². The first-order valence-corrected chi connectivity index (χ1v) is 6.80. The van der Waals surface area contributed by atoms with E-state index in [0.717, 1.165) is 12.1 Å². The Hall–Kier alpha value is -2.00. The largest absolute Gasteiger partial charge is 0.744 e. The van der Waals surface area contributed by atoms with Crippen LogP contribution in [0, 0.1) is 15.5 Å². The Bertz CT molecular complexity index is 658. The molecule has 8 nitrogen and oxygen atoms in total. The molecule has 20 heavy (non-hydrogen) atoms. The standard InChI is InChI=1S/C11H13NO7S/c1-11(2,3)10(13)19-9-5-4-7(20(16,17)18)6-8(9)12(14)15/h4-6H,1-3H3,(H,16,17,18)/p-1. The summed E-state index contributed by atoms with van der Waals surface area (Å²) in [5, 5.41) is 10.8. The second-order valence-corrected chi connectivity index (χ2v) is 6.36. The van der Waals surface area contributed by atoms with Crippen molar-refractivity contribution in [3.05, 3.63) is 28.3 Å². The Morgan fingerprint density at radius 2 is 1.85 bits per heavy atom. The van der Waals surface area contributed by atoms with Crippen molar-refractivity contribution < 1.29 is 27.4 Å². The molecule has 1 aromatic rings. The summed E-state index contributed by atoms with van der Waals surface area (Å²) in [6.07, 6.45) is 0. The van der Waals surface area contributed by atoms with Crippen molar-refractivity contribution in [2.45, 2.75) is 25.7 Å². The molecule has 0 aliphatic heterocycles. The first-order chi connectivity index (χ1) is 8.93. The quantitative estimate of drug-likeness (QED) is 0.272. The Balaban J connectivity index is 3.29. The van der Waals surface area contributed by atoms with Gasteiger partial charge in [0.05, 0.1) is 15.2 Å². The van der Waals surface area contributed by atoms with E-state index in [1.165, 1.54) is 0 Å². The number of hydrogen-bond donors (Lipinski definition) is 0. The summed E-state index contributed by atoms with van der Waals surface area (Å²) in [6, 6.07) is 2.32. The summed E-state index contributed by atoms with van der Waals surface area (Å²) in [5.74, 6) is -1.14. The maximum absolute atomic E-state index is 11.7. The number of hydrogen-bond acceptors (Lipinski definition) is 7. The number of carbonyl (C=O) groups is 1. The summed E-state index contributed by atoms with van der Waals surface area (Å²) in [4.78, 5) is 20.8. The summed E-state index contributed by atoms with van der Waals surface area (Å²) in [7, 11) is -4.83. The average Bonchev–Trinajstić information content (AvgIpc) is 2.26. The molecule has 0 aromatic heterocycles. The van der Waals surface area contributed by atoms with Gasteiger partial charge in [0.2, 0.25) is 5.75 Å². The van der Waals surface area contributed by atoms with E-state index in [2.05, 4.69) is 0 Å². The molecule has 1 aromatic carbocycles. The van der Waals surface area contributed by atoms with Crippen molar-refractivity contribution in [3.63, 3.8) is 0 Å². The van der Waals surface area contributed by atoms with Gasteiger partial charge in [-0.1, -0.05) is 0 Å². The van der Waals surface area contributed by atoms with Gasteiger partial charge in [-0.3, -0.25) is 14.9 Å². The molecule has 0 amide bonds. The van der Waals surface area contributed by atoms with Crippen LogP contribution in [0.4, 0.5) is 5.69 Å². The molecule has 0 fully saturated rings. The van der Waals surface area contributed by atoms with Crippen LogP contribution in [-0.4, -0.2) is 23.9 Å². The van der Waals surface area contributed by atoms with Crippen LogP contribution in [0.15, 0.2) is 23.1 Å². The predicted molar refractivity (Wildman–Crippen MR) is 66.1 cm³/mol. The summed E-state index contributed by atoms with van der Waals surface area (Å²) < 4.78 is 37.3. The third-order valence-corrected chi connectivity index (χ3v) is 3.06. The minimum Gasteiger partial charge on any atom is -0.744 e. The molecule has 0 heterocycles. The van der Waals surface area contributed by atoms with Crippen molar-refractivity contribution in [2.24, 2.45) is 5.41 Å². The molecule has 0 unspecified atom stereocenters. The van der Waals surface area contributed by atoms with Crippen LogP contribution in [0.3, 0.4) is 0 Å². The van der Waals surface area contributed by atoms with Gasteiger partial charge >= 0.3 is 11.7 Å². The van der Waals surface area contributed by atoms with Gasteiger partial charge in [0.15, 0.2) is 0 Å². The number of ether oxygens (including phenoxy) is 1. The van der Waals surface area contributed by atoms with Crippen LogP contribution in [0.2, 0.25) is 0 Å². The molecule has 0 saturated carbocycles. The fraction of sp³-hybridized carbons (Fsp3) is 0.364. The zero-order valence-electron chi connectivity index (χ0n) is 10.9. The van der Waals surface area contributed by atoms with E-state index in [-0.39, 0.29) is 0 Å². The van der Waals surface area contributed by atoms with Gasteiger partial charge in [-0.05, 0) is 32.9 Å². The minimum absolute atomic E-state index is 0.415. The van der Waals surface area contributed by atoms with Crippen LogP contribution in [0.5, 0.6) is 5.75 Å². The van der Waals surface area contributed by atoms with E-state index in [4.69, 9.17) is 4.74 Å². The number of benzene rings is 1. The van der Waals surface area contributed by atoms with Gasteiger partial charge in [-0.2, -0.15) is 0 Å². The van der Waals surface area contributed by atoms with Crippen LogP contribution in [0.1, 0.15) is 20.8 Å². The highest BCUT2D eigenvalue weighted by Gasteiger charge is 2.27. The highest BCUT2D eigenvalue weighted by molar-refractivity contribution is 7.85. The van der Waals surface area contributed by atoms with Crippen LogP contribution < -0.4 is 4.74 Å². The maximum atomic E-state index is 11.7. The predicted octanol–water partition coefficient (Wildman–Crippen LogP) is 1.45. The zero-order valence-corrected chi connectivity index (χ0v) is 11.8. The molecule has 0 aliphatic carbocycles. The van der Waals surface area contributed by atoms with Crippen molar-refractivity contribution in [2.75, 3.05) is 0 Å². The topological polar surface area (TPSA) is 127 Å². The van der Waals surface area contributed by atoms with E-state index in [1.54, 1.807) is 20.8 Å². The first kappa shape index (κ1) is 16.1. The van der Waals surface area contributed by atoms with E-state index >= 15 is 0 Å². The van der Waals surface area contributed by atoms with Crippen LogP contribution in [-0.2, 0) is 14.9 Å². The molecule has 0 aliphatic rings. The monoisotopic (exact) mass is 302 g/mol. The van der Waals surface area contributed by atoms with Crippen LogP contribution in [0.25, 0.3) is 0 Å². The lowest BCUT2D eigenvalue weighted by Gasteiger charge is -2.16. The molecule has 1 rings (SSSR count). The van der Waals surface area contributed by atoms with Gasteiger partial charge in [0.25, 0.3) is 0 Å². The van der Waals surface area contributed by atoms with E-state index in [0.29, 0.717) is 6.07 Å². The SMILES string of the molecule is CC(C)(C)C(=O)Oc1ccc(S(=O)(=O)[O-])cc1[N+](=O)[O-]. The zero-order chi connectivity index (χ0) is 15.7. The second-order valence-electron chi connectivity index (χ2n) is 4.98. The third kappa shape index (κ3) is 3.75. The first-order valence-electron chi connectivity index (χ1n) is 5.39. The molecule has 0 atom stereocenters. The lowest BCUT2D eigenvalue weighted by molar-refractivity contribution is -0.385. The van der Waals surface area contributed by atoms with E-state index in [9.17, 15) is 27.9 Å². The molecule has 0 N–H and O–H groups in total. The van der Waals surface area contributed by atoms with Crippen LogP contribution >= 0.6 is 0 Å². The van der Waals surface area contributed by atoms with Gasteiger partial charge in [0.1, 0.15) is 10.1 Å². The molecule has 0 bridgehead atoms. The number of rotatable bonds is 3. The molecule has 0 spiro atoms. The highest BCUT2D eigenvalue weighted by atomic mass is 32.2. The fourth-order valence-corrected chi connectivity index (χ4v) is 1.63. The van der Waals surface area contributed by atoms with Crippen molar-refractivity contribution in [3.8, 4) is 5.75 Å². The van der Waals surface area contributed by atoms with Crippen molar-refractivity contribution in [1.29, 1.82) is 0 Å². The number of nitro benzene ring substituents is 1. The maximum Gasteiger partial charge on any atom is 0.316 e. The van der Waals surface area contributed by atoms with Gasteiger partial charge in [-0.25, -0.2) is 8.42 Å². The van der Waals surface area contributed by atoms with E-state index in [1.807, 2.05) is 0 Å². The molecular weight excluding hydrogens is 290 g/mol. The summed E-state index contributed by atoms with van der Waals surface area (Å²) >= 11 is 0. The average molecular weight is 302 g/mol. The third-order valence-electron chi connectivity index (χ3n) is 2.23. The van der Waals surface area contributed by atoms with Gasteiger partial charge in [0, 0.05) is 6.07 Å². The molecule has 9 heteroatoms. The summed E-state index contributed by atoms with van der Waals surface area (Å²) in [6.45, 7) is 4.66. The Morgan fingerprint density at radius 1 is 1.30 bits per heavy atom. The Labute approximate surface area is 115 Å². The Morgan fingerprint density at radius 3 is 2.25 bits per heavy atom. The lowest BCUT2D eigenvalue weighted by Crippen LogP contribution is -2.25. The normalized spacial score (nSPS) is 12.0. The lowest BCUT2D eigenvalue weighted by atomic mass is 9.97. The second kappa shape index (κ2) is 5.17. The Kier molecular flexibility index (Phi) is 4.15. The van der Waals surface area contributed by atoms with Crippen molar-refractivity contribution in [1.82, 2.24) is 0 Å². The summed E-state index contributed by atoms with van der Waals surface area (Å²) in [5.41, 5.74) is -1.66. The van der Waals surface area contributed by atoms with Gasteiger partial charge < -0.3 is 9.29 Å². The fourth-order valence-electron chi connectivity index (χ4n) is 1.13. The number of carbonyl (C=O) groups excluding carboxylic acids is 1. The highest BCUT2D eigenvalue weighted by Crippen LogP contribution is 2.31. The molecule has 0 saturated heterocycles. The molecule has 110 valence electrons. The number of nitrogens with zero attached hydrogens (tertiary/aromatic N) is 1. The van der Waals surface area contributed by atoms with Gasteiger partial charge in [-0.15, -0.1) is 0 Å². The van der Waals surface area contributed by atoms with Crippen molar-refractivity contribution >= 4 is 21.8 Å². The number of esters is 1. The molecular formula is C11H12NO7S-. The minimum atomic E-state index is -4.83. The molecule has 0 radical (unpaired) electrons. The smallest absolute Gasteiger partial charge is 0.316 e. The number of nitro groups is 1.